The zero-order valence-electron chi connectivity index (χ0n) is 19.2. The van der Waals surface area contributed by atoms with Crippen LogP contribution in [0.15, 0.2) is 36.7 Å². The standard InChI is InChI=1S/C27H39N3/c1-4-6-7-8-9-10-11-12-13-23-20-29-27(30-21-23)25-16-14-24(15-17-25)26(19-28)18-22(3)5-2/h14-17,20-22,26H,4-13,18H2,1-3H3. The van der Waals surface area contributed by atoms with Gasteiger partial charge in [-0.15, -0.1) is 0 Å². The van der Waals surface area contributed by atoms with Crippen LogP contribution in [-0.4, -0.2) is 9.97 Å². The molecule has 0 aliphatic rings. The van der Waals surface area contributed by atoms with E-state index in [4.69, 9.17) is 0 Å². The minimum absolute atomic E-state index is 0.0380. The molecule has 2 aromatic rings. The second kappa shape index (κ2) is 13.9. The Bertz CT molecular complexity index is 743. The zero-order chi connectivity index (χ0) is 21.6. The van der Waals surface area contributed by atoms with E-state index in [9.17, 15) is 5.26 Å². The van der Waals surface area contributed by atoms with Gasteiger partial charge in [0.25, 0.3) is 0 Å². The topological polar surface area (TPSA) is 49.6 Å². The van der Waals surface area contributed by atoms with E-state index in [2.05, 4.69) is 48.9 Å². The van der Waals surface area contributed by atoms with Crippen LogP contribution >= 0.6 is 0 Å². The zero-order valence-corrected chi connectivity index (χ0v) is 19.2. The summed E-state index contributed by atoms with van der Waals surface area (Å²) in [5.41, 5.74) is 3.32. The van der Waals surface area contributed by atoms with Crippen molar-refractivity contribution in [2.45, 2.75) is 97.3 Å². The molecule has 2 unspecified atom stereocenters. The lowest BCUT2D eigenvalue weighted by molar-refractivity contribution is 0.494. The van der Waals surface area contributed by atoms with Crippen LogP contribution in [0.3, 0.4) is 0 Å². The fourth-order valence-electron chi connectivity index (χ4n) is 3.79. The molecule has 0 radical (unpaired) electrons. The molecule has 30 heavy (non-hydrogen) atoms. The molecular formula is C27H39N3. The highest BCUT2D eigenvalue weighted by Crippen LogP contribution is 2.26. The van der Waals surface area contributed by atoms with Gasteiger partial charge in [0, 0.05) is 18.0 Å². The highest BCUT2D eigenvalue weighted by atomic mass is 14.9. The summed E-state index contributed by atoms with van der Waals surface area (Å²) in [6.07, 6.45) is 17.7. The molecule has 1 aromatic carbocycles. The number of nitrogens with zero attached hydrogens (tertiary/aromatic N) is 3. The lowest BCUT2D eigenvalue weighted by atomic mass is 9.89. The van der Waals surface area contributed by atoms with Crippen molar-refractivity contribution in [3.63, 3.8) is 0 Å². The highest BCUT2D eigenvalue weighted by molar-refractivity contribution is 5.55. The van der Waals surface area contributed by atoms with E-state index in [1.165, 1.54) is 56.9 Å². The SMILES string of the molecule is CCCCCCCCCCc1cnc(-c2ccc(C(C#N)CC(C)CC)cc2)nc1. The third-order valence-electron chi connectivity index (χ3n) is 6.09. The van der Waals surface area contributed by atoms with Crippen molar-refractivity contribution in [1.29, 1.82) is 5.26 Å². The quantitative estimate of drug-likeness (QED) is 0.300. The first-order valence-corrected chi connectivity index (χ1v) is 12.0. The first-order chi connectivity index (χ1) is 14.7. The number of aryl methyl sites for hydroxylation is 1. The van der Waals surface area contributed by atoms with Gasteiger partial charge in [-0.1, -0.05) is 96.4 Å². The fraction of sp³-hybridized carbons (Fsp3) is 0.593. The summed E-state index contributed by atoms with van der Waals surface area (Å²) in [5.74, 6) is 1.28. The number of aromatic nitrogens is 2. The molecule has 0 aliphatic carbocycles. The number of unbranched alkanes of at least 4 members (excludes halogenated alkanes) is 7. The van der Waals surface area contributed by atoms with Crippen molar-refractivity contribution in [3.8, 4) is 17.5 Å². The Morgan fingerprint density at radius 3 is 2.03 bits per heavy atom. The van der Waals surface area contributed by atoms with Gasteiger partial charge in [-0.25, -0.2) is 9.97 Å². The second-order valence-electron chi connectivity index (χ2n) is 8.69. The van der Waals surface area contributed by atoms with Crippen LogP contribution in [0, 0.1) is 17.2 Å². The fourth-order valence-corrected chi connectivity index (χ4v) is 3.79. The van der Waals surface area contributed by atoms with Crippen molar-refractivity contribution in [2.75, 3.05) is 0 Å². The summed E-state index contributed by atoms with van der Waals surface area (Å²) in [5, 5.41) is 9.52. The molecule has 0 aliphatic heterocycles. The van der Waals surface area contributed by atoms with Crippen molar-refractivity contribution in [2.24, 2.45) is 5.92 Å². The monoisotopic (exact) mass is 405 g/mol. The molecule has 2 rings (SSSR count). The number of hydrogen-bond donors (Lipinski definition) is 0. The van der Waals surface area contributed by atoms with Crippen molar-refractivity contribution in [3.05, 3.63) is 47.8 Å². The molecule has 0 saturated heterocycles. The van der Waals surface area contributed by atoms with Gasteiger partial charge in [-0.2, -0.15) is 5.26 Å². The van der Waals surface area contributed by atoms with E-state index < -0.39 is 0 Å². The molecule has 162 valence electrons. The van der Waals surface area contributed by atoms with Gasteiger partial charge in [0.2, 0.25) is 0 Å². The Morgan fingerprint density at radius 2 is 1.47 bits per heavy atom. The van der Waals surface area contributed by atoms with E-state index in [-0.39, 0.29) is 5.92 Å². The van der Waals surface area contributed by atoms with Crippen LogP contribution in [0.4, 0.5) is 0 Å². The number of benzene rings is 1. The van der Waals surface area contributed by atoms with E-state index in [0.717, 1.165) is 36.2 Å². The smallest absolute Gasteiger partial charge is 0.159 e. The first kappa shape index (κ1) is 24.1. The summed E-state index contributed by atoms with van der Waals surface area (Å²) in [6, 6.07) is 10.7. The van der Waals surface area contributed by atoms with E-state index in [1.54, 1.807) is 0 Å². The lowest BCUT2D eigenvalue weighted by Gasteiger charge is -2.14. The van der Waals surface area contributed by atoms with Crippen LogP contribution in [0.5, 0.6) is 0 Å². The third kappa shape index (κ3) is 8.27. The Kier molecular flexibility index (Phi) is 11.2. The second-order valence-corrected chi connectivity index (χ2v) is 8.69. The number of hydrogen-bond acceptors (Lipinski definition) is 3. The molecular weight excluding hydrogens is 366 g/mol. The Hall–Kier alpha value is -2.21. The predicted octanol–water partition coefficient (Wildman–Crippen LogP) is 7.87. The Morgan fingerprint density at radius 1 is 0.867 bits per heavy atom. The summed E-state index contributed by atoms with van der Waals surface area (Å²) < 4.78 is 0. The third-order valence-corrected chi connectivity index (χ3v) is 6.09. The first-order valence-electron chi connectivity index (χ1n) is 12.0. The Balaban J connectivity index is 1.81. The van der Waals surface area contributed by atoms with E-state index in [0.29, 0.717) is 5.92 Å². The van der Waals surface area contributed by atoms with Gasteiger partial charge in [0.15, 0.2) is 5.82 Å². The summed E-state index contributed by atoms with van der Waals surface area (Å²) in [7, 11) is 0. The molecule has 3 nitrogen and oxygen atoms in total. The molecule has 0 bridgehead atoms. The van der Waals surface area contributed by atoms with Crippen LogP contribution in [0.1, 0.15) is 102 Å². The lowest BCUT2D eigenvalue weighted by Crippen LogP contribution is -2.02. The minimum atomic E-state index is -0.0380. The summed E-state index contributed by atoms with van der Waals surface area (Å²) in [4.78, 5) is 9.16. The largest absolute Gasteiger partial charge is 0.236 e. The number of rotatable bonds is 14. The van der Waals surface area contributed by atoms with Crippen LogP contribution in [-0.2, 0) is 6.42 Å². The van der Waals surface area contributed by atoms with Gasteiger partial charge in [-0.05, 0) is 36.3 Å². The summed E-state index contributed by atoms with van der Waals surface area (Å²) >= 11 is 0. The molecule has 0 N–H and O–H groups in total. The van der Waals surface area contributed by atoms with Gasteiger partial charge in [0.1, 0.15) is 0 Å². The van der Waals surface area contributed by atoms with Crippen LogP contribution in [0.25, 0.3) is 11.4 Å². The molecule has 1 heterocycles. The molecule has 0 saturated carbocycles. The van der Waals surface area contributed by atoms with Crippen LogP contribution in [0.2, 0.25) is 0 Å². The molecule has 3 heteroatoms. The molecule has 0 spiro atoms. The van der Waals surface area contributed by atoms with E-state index >= 15 is 0 Å². The molecule has 0 amide bonds. The van der Waals surface area contributed by atoms with Crippen LogP contribution < -0.4 is 0 Å². The van der Waals surface area contributed by atoms with Gasteiger partial charge >= 0.3 is 0 Å². The Labute approximate surface area is 184 Å². The summed E-state index contributed by atoms with van der Waals surface area (Å²) in [6.45, 7) is 6.65. The van der Waals surface area contributed by atoms with Crippen molar-refractivity contribution >= 4 is 0 Å². The van der Waals surface area contributed by atoms with Gasteiger partial charge in [0.05, 0.1) is 12.0 Å². The number of nitriles is 1. The molecule has 0 fully saturated rings. The van der Waals surface area contributed by atoms with E-state index in [1.807, 2.05) is 24.5 Å². The average molecular weight is 406 g/mol. The van der Waals surface area contributed by atoms with Crippen molar-refractivity contribution < 1.29 is 0 Å². The highest BCUT2D eigenvalue weighted by Gasteiger charge is 2.14. The predicted molar refractivity (Wildman–Crippen MR) is 126 cm³/mol. The maximum atomic E-state index is 9.52. The van der Waals surface area contributed by atoms with Gasteiger partial charge in [-0.3, -0.25) is 0 Å². The maximum absolute atomic E-state index is 9.52. The normalized spacial score (nSPS) is 13.0. The maximum Gasteiger partial charge on any atom is 0.159 e. The van der Waals surface area contributed by atoms with Crippen molar-refractivity contribution in [1.82, 2.24) is 9.97 Å². The average Bonchev–Trinajstić information content (AvgIpc) is 2.79. The van der Waals surface area contributed by atoms with Gasteiger partial charge < -0.3 is 0 Å². The minimum Gasteiger partial charge on any atom is -0.236 e. The molecule has 2 atom stereocenters. The molecule has 1 aromatic heterocycles.